The van der Waals surface area contributed by atoms with E-state index >= 15 is 0 Å². The lowest BCUT2D eigenvalue weighted by atomic mass is 10.2. The van der Waals surface area contributed by atoms with Crippen LogP contribution in [0.15, 0.2) is 18.2 Å². The maximum atomic E-state index is 10.4. The van der Waals surface area contributed by atoms with Gasteiger partial charge in [0.05, 0.1) is 10.0 Å². The van der Waals surface area contributed by atoms with E-state index in [4.69, 9.17) is 28.5 Å². The van der Waals surface area contributed by atoms with Gasteiger partial charge in [-0.25, -0.2) is 4.21 Å². The number of hydrogen-bond donors (Lipinski definition) is 0. The van der Waals surface area contributed by atoms with Crippen molar-refractivity contribution < 1.29 is 4.21 Å². The third-order valence-corrected chi connectivity index (χ3v) is 2.60. The molecule has 1 rings (SSSR count). The smallest absolute Gasteiger partial charge is 0.152 e. The van der Waals surface area contributed by atoms with Crippen LogP contribution in [0.25, 0.3) is 0 Å². The molecular weight excluding hydrogens is 229 g/mol. The molecule has 0 aliphatic heterocycles. The number of hydrogen-bond acceptors (Lipinski definition) is 2. The van der Waals surface area contributed by atoms with Crippen molar-refractivity contribution in [2.45, 2.75) is 0 Å². The third kappa shape index (κ3) is 2.31. The Kier molecular flexibility index (Phi) is 3.49. The lowest BCUT2D eigenvalue weighted by Crippen LogP contribution is -1.95. The van der Waals surface area contributed by atoms with Crippen molar-refractivity contribution in [3.63, 3.8) is 0 Å². The van der Waals surface area contributed by atoms with E-state index in [-0.39, 0.29) is 16.1 Å². The fourth-order valence-corrected chi connectivity index (χ4v) is 1.33. The first-order chi connectivity index (χ1) is 6.19. The van der Waals surface area contributed by atoms with Gasteiger partial charge in [0.25, 0.3) is 0 Å². The molecule has 0 unspecified atom stereocenters. The van der Waals surface area contributed by atoms with Crippen LogP contribution >= 0.6 is 23.2 Å². The fraction of sp³-hybridized carbons (Fsp3) is 0. The molecule has 0 saturated carbocycles. The number of nitrogens with zero attached hydrogens (tertiary/aromatic N) is 1. The average Bonchev–Trinajstić information content (AvgIpc) is 2.13. The SMILES string of the molecule is N#CC(=S=O)c1ccc(Cl)c(Cl)c1. The van der Waals surface area contributed by atoms with Crippen molar-refractivity contribution in [3.05, 3.63) is 33.8 Å². The molecule has 0 radical (unpaired) electrons. The lowest BCUT2D eigenvalue weighted by Gasteiger charge is -1.97. The maximum Gasteiger partial charge on any atom is 0.152 e. The van der Waals surface area contributed by atoms with Crippen LogP contribution in [-0.4, -0.2) is 9.07 Å². The van der Waals surface area contributed by atoms with Crippen LogP contribution in [0.5, 0.6) is 0 Å². The molecule has 2 nitrogen and oxygen atoms in total. The van der Waals surface area contributed by atoms with Gasteiger partial charge in [-0.05, 0) is 12.1 Å². The fourth-order valence-electron chi connectivity index (χ4n) is 0.769. The summed E-state index contributed by atoms with van der Waals surface area (Å²) in [4.78, 5) is 0.0820. The molecule has 0 fully saturated rings. The highest BCUT2D eigenvalue weighted by Crippen LogP contribution is 2.22. The summed E-state index contributed by atoms with van der Waals surface area (Å²) in [6.07, 6.45) is 0. The highest BCUT2D eigenvalue weighted by Gasteiger charge is 2.04. The molecule has 0 spiro atoms. The van der Waals surface area contributed by atoms with Crippen molar-refractivity contribution in [1.82, 2.24) is 0 Å². The Labute approximate surface area is 88.8 Å². The van der Waals surface area contributed by atoms with E-state index in [1.54, 1.807) is 18.2 Å². The van der Waals surface area contributed by atoms with Crippen LogP contribution < -0.4 is 0 Å². The summed E-state index contributed by atoms with van der Waals surface area (Å²) in [7, 11) is 0. The standard InChI is InChI=1S/C8H3Cl2NOS/c9-6-2-1-5(3-7(6)10)8(4-11)13-12/h1-3H. The molecule has 66 valence electrons. The molecule has 13 heavy (non-hydrogen) atoms. The molecule has 0 saturated heterocycles. The molecule has 0 amide bonds. The zero-order valence-electron chi connectivity index (χ0n) is 6.25. The highest BCUT2D eigenvalue weighted by molar-refractivity contribution is 7.67. The maximum absolute atomic E-state index is 10.4. The van der Waals surface area contributed by atoms with Crippen LogP contribution in [0.1, 0.15) is 5.56 Å². The number of nitriles is 1. The predicted molar refractivity (Wildman–Crippen MR) is 54.3 cm³/mol. The van der Waals surface area contributed by atoms with Gasteiger partial charge < -0.3 is 0 Å². The Morgan fingerprint density at radius 1 is 1.38 bits per heavy atom. The second-order valence-electron chi connectivity index (χ2n) is 2.15. The first-order valence-electron chi connectivity index (χ1n) is 3.21. The molecule has 0 aromatic heterocycles. The van der Waals surface area contributed by atoms with Crippen LogP contribution in [0.3, 0.4) is 0 Å². The summed E-state index contributed by atoms with van der Waals surface area (Å²) < 4.78 is 10.4. The van der Waals surface area contributed by atoms with E-state index in [1.165, 1.54) is 6.07 Å². The van der Waals surface area contributed by atoms with E-state index in [2.05, 4.69) is 0 Å². The number of benzene rings is 1. The van der Waals surface area contributed by atoms with E-state index in [0.717, 1.165) is 0 Å². The average molecular weight is 232 g/mol. The van der Waals surface area contributed by atoms with Gasteiger partial charge in [-0.1, -0.05) is 29.3 Å². The van der Waals surface area contributed by atoms with Gasteiger partial charge in [0, 0.05) is 5.56 Å². The minimum atomic E-state index is 0.0820. The molecule has 0 heterocycles. The van der Waals surface area contributed by atoms with Gasteiger partial charge in [0.2, 0.25) is 0 Å². The zero-order valence-corrected chi connectivity index (χ0v) is 8.58. The zero-order chi connectivity index (χ0) is 9.84. The van der Waals surface area contributed by atoms with Crippen LogP contribution in [0.4, 0.5) is 0 Å². The molecule has 5 heteroatoms. The second kappa shape index (κ2) is 4.43. The Balaban J connectivity index is 3.27. The van der Waals surface area contributed by atoms with E-state index in [0.29, 0.717) is 15.6 Å². The van der Waals surface area contributed by atoms with Crippen molar-refractivity contribution in [2.24, 2.45) is 0 Å². The van der Waals surface area contributed by atoms with Crippen molar-refractivity contribution >= 4 is 39.3 Å². The lowest BCUT2D eigenvalue weighted by molar-refractivity contribution is 0.701. The highest BCUT2D eigenvalue weighted by atomic mass is 35.5. The van der Waals surface area contributed by atoms with Gasteiger partial charge >= 0.3 is 0 Å². The van der Waals surface area contributed by atoms with Crippen LogP contribution in [0.2, 0.25) is 10.0 Å². The van der Waals surface area contributed by atoms with Crippen molar-refractivity contribution in [2.75, 3.05) is 0 Å². The van der Waals surface area contributed by atoms with E-state index in [1.807, 2.05) is 0 Å². The van der Waals surface area contributed by atoms with Crippen LogP contribution in [-0.2, 0) is 11.3 Å². The van der Waals surface area contributed by atoms with Gasteiger partial charge in [0.15, 0.2) is 4.86 Å². The Hall–Kier alpha value is -0.820. The topological polar surface area (TPSA) is 40.9 Å². The Bertz CT molecular complexity index is 432. The summed E-state index contributed by atoms with van der Waals surface area (Å²) in [6.45, 7) is 0. The summed E-state index contributed by atoms with van der Waals surface area (Å²) in [6, 6.07) is 6.40. The van der Waals surface area contributed by atoms with E-state index in [9.17, 15) is 4.21 Å². The molecule has 0 bridgehead atoms. The molecule has 0 aliphatic carbocycles. The molecule has 1 aromatic rings. The molecular formula is C8H3Cl2NOS. The summed E-state index contributed by atoms with van der Waals surface area (Å²) >= 11 is 11.5. The first kappa shape index (κ1) is 10.3. The number of rotatable bonds is 1. The minimum absolute atomic E-state index is 0.0820. The normalized spacial score (nSPS) is 9.00. The molecule has 0 N–H and O–H groups in total. The monoisotopic (exact) mass is 231 g/mol. The Morgan fingerprint density at radius 2 is 2.08 bits per heavy atom. The summed E-state index contributed by atoms with van der Waals surface area (Å²) in [5, 5.41) is 9.29. The van der Waals surface area contributed by atoms with Crippen molar-refractivity contribution in [3.8, 4) is 6.07 Å². The van der Waals surface area contributed by atoms with Crippen molar-refractivity contribution in [1.29, 1.82) is 5.26 Å². The summed E-state index contributed by atoms with van der Waals surface area (Å²) in [5.74, 6) is 0. The van der Waals surface area contributed by atoms with Gasteiger partial charge in [-0.2, -0.15) is 5.26 Å². The van der Waals surface area contributed by atoms with Gasteiger partial charge in [-0.15, -0.1) is 0 Å². The van der Waals surface area contributed by atoms with Gasteiger partial charge in [-0.3, -0.25) is 0 Å². The quantitative estimate of drug-likeness (QED) is 0.550. The summed E-state index contributed by atoms with van der Waals surface area (Å²) in [5.41, 5.74) is 0.497. The third-order valence-electron chi connectivity index (χ3n) is 1.37. The predicted octanol–water partition coefficient (Wildman–Crippen LogP) is 2.25. The first-order valence-corrected chi connectivity index (χ1v) is 4.71. The second-order valence-corrected chi connectivity index (χ2v) is 3.54. The number of halogens is 2. The molecule has 0 atom stereocenters. The molecule has 1 aromatic carbocycles. The largest absolute Gasteiger partial charge is 0.211 e. The molecule has 0 aliphatic rings. The minimum Gasteiger partial charge on any atom is -0.211 e. The van der Waals surface area contributed by atoms with E-state index < -0.39 is 0 Å². The Morgan fingerprint density at radius 3 is 2.54 bits per heavy atom. The van der Waals surface area contributed by atoms with Crippen LogP contribution in [0, 0.1) is 11.3 Å². The van der Waals surface area contributed by atoms with Gasteiger partial charge in [0.1, 0.15) is 17.3 Å².